The summed E-state index contributed by atoms with van der Waals surface area (Å²) in [5.74, 6) is 0.659. The van der Waals surface area contributed by atoms with Gasteiger partial charge in [-0.1, -0.05) is 18.0 Å². The molecule has 1 aliphatic rings. The van der Waals surface area contributed by atoms with Crippen LogP contribution >= 0.6 is 11.6 Å². The minimum atomic E-state index is -0.150. The number of benzene rings is 1. The molecule has 110 valence electrons. The summed E-state index contributed by atoms with van der Waals surface area (Å²) in [5.41, 5.74) is 0.917. The summed E-state index contributed by atoms with van der Waals surface area (Å²) in [7, 11) is 0. The summed E-state index contributed by atoms with van der Waals surface area (Å²) >= 11 is 5.93. The van der Waals surface area contributed by atoms with Crippen molar-refractivity contribution in [2.75, 3.05) is 13.2 Å². The smallest absolute Gasteiger partial charge is 0.258 e. The van der Waals surface area contributed by atoms with Gasteiger partial charge < -0.3 is 15.2 Å². The maximum Gasteiger partial charge on any atom is 0.258 e. The lowest BCUT2D eigenvalue weighted by atomic mass is 10.1. The summed E-state index contributed by atoms with van der Waals surface area (Å²) in [6.07, 6.45) is 2.95. The number of carbonyl (C=O) groups is 1. The van der Waals surface area contributed by atoms with E-state index in [9.17, 15) is 9.90 Å². The van der Waals surface area contributed by atoms with Crippen LogP contribution in [0, 0.1) is 12.8 Å². The monoisotopic (exact) mass is 297 g/mol. The fourth-order valence-corrected chi connectivity index (χ4v) is 2.67. The molecule has 0 saturated heterocycles. The Morgan fingerprint density at radius 2 is 2.30 bits per heavy atom. The SMILES string of the molecule is Cc1cc(OCC(=O)N[C@@H]2CCC[C@@H]2CO)ccc1Cl. The van der Waals surface area contributed by atoms with Gasteiger partial charge >= 0.3 is 0 Å². The van der Waals surface area contributed by atoms with E-state index in [2.05, 4.69) is 5.32 Å². The number of aryl methyl sites for hydroxylation is 1. The van der Waals surface area contributed by atoms with Gasteiger partial charge in [-0.3, -0.25) is 4.79 Å². The van der Waals surface area contributed by atoms with Crippen LogP contribution in [-0.2, 0) is 4.79 Å². The Labute approximate surface area is 124 Å². The quantitative estimate of drug-likeness (QED) is 0.877. The second-order valence-electron chi connectivity index (χ2n) is 5.25. The first-order valence-corrected chi connectivity index (χ1v) is 7.27. The molecule has 0 aromatic heterocycles. The van der Waals surface area contributed by atoms with Gasteiger partial charge in [0.2, 0.25) is 0 Å². The molecule has 1 aromatic carbocycles. The number of hydrogen-bond donors (Lipinski definition) is 2. The maximum absolute atomic E-state index is 11.8. The molecular formula is C15H20ClNO3. The van der Waals surface area contributed by atoms with Crippen molar-refractivity contribution in [3.05, 3.63) is 28.8 Å². The topological polar surface area (TPSA) is 58.6 Å². The van der Waals surface area contributed by atoms with Crippen LogP contribution in [0.15, 0.2) is 18.2 Å². The number of nitrogens with one attached hydrogen (secondary N) is 1. The zero-order valence-electron chi connectivity index (χ0n) is 11.6. The molecule has 5 heteroatoms. The molecule has 2 rings (SSSR count). The van der Waals surface area contributed by atoms with E-state index in [0.29, 0.717) is 10.8 Å². The van der Waals surface area contributed by atoms with Crippen LogP contribution in [0.1, 0.15) is 24.8 Å². The minimum Gasteiger partial charge on any atom is -0.484 e. The average Bonchev–Trinajstić information content (AvgIpc) is 2.87. The molecule has 1 saturated carbocycles. The molecular weight excluding hydrogens is 278 g/mol. The normalized spacial score (nSPS) is 21.8. The molecule has 0 spiro atoms. The van der Waals surface area contributed by atoms with Crippen molar-refractivity contribution in [1.82, 2.24) is 5.32 Å². The molecule has 2 N–H and O–H groups in total. The summed E-state index contributed by atoms with van der Waals surface area (Å²) in [6, 6.07) is 5.38. The highest BCUT2D eigenvalue weighted by molar-refractivity contribution is 6.31. The minimum absolute atomic E-state index is 0.0181. The van der Waals surface area contributed by atoms with Crippen LogP contribution in [0.3, 0.4) is 0 Å². The van der Waals surface area contributed by atoms with Gasteiger partial charge in [-0.2, -0.15) is 0 Å². The molecule has 1 aromatic rings. The van der Waals surface area contributed by atoms with E-state index in [4.69, 9.17) is 16.3 Å². The van der Waals surface area contributed by atoms with Crippen LogP contribution in [0.5, 0.6) is 5.75 Å². The van der Waals surface area contributed by atoms with Gasteiger partial charge in [-0.15, -0.1) is 0 Å². The highest BCUT2D eigenvalue weighted by Gasteiger charge is 2.27. The highest BCUT2D eigenvalue weighted by Crippen LogP contribution is 2.25. The third-order valence-corrected chi connectivity index (χ3v) is 4.16. The number of carbonyl (C=O) groups excluding carboxylic acids is 1. The van der Waals surface area contributed by atoms with Gasteiger partial charge in [0.25, 0.3) is 5.91 Å². The number of amides is 1. The Morgan fingerprint density at radius 3 is 3.00 bits per heavy atom. The Balaban J connectivity index is 1.81. The maximum atomic E-state index is 11.8. The first-order chi connectivity index (χ1) is 9.60. The molecule has 0 bridgehead atoms. The largest absolute Gasteiger partial charge is 0.484 e. The van der Waals surface area contributed by atoms with Crippen LogP contribution in [-0.4, -0.2) is 30.3 Å². The van der Waals surface area contributed by atoms with Crippen LogP contribution in [0.2, 0.25) is 5.02 Å². The van der Waals surface area contributed by atoms with Gasteiger partial charge in [0, 0.05) is 23.6 Å². The lowest BCUT2D eigenvalue weighted by molar-refractivity contribution is -0.124. The average molecular weight is 298 g/mol. The standard InChI is InChI=1S/C15H20ClNO3/c1-10-7-12(5-6-13(10)16)20-9-15(19)17-14-4-2-3-11(14)8-18/h5-7,11,14,18H,2-4,8-9H2,1H3,(H,17,19)/t11-,14-/m1/s1. The number of ether oxygens (including phenoxy) is 1. The number of hydrogen-bond acceptors (Lipinski definition) is 3. The fraction of sp³-hybridized carbons (Fsp3) is 0.533. The molecule has 0 heterocycles. The fourth-order valence-electron chi connectivity index (χ4n) is 2.55. The summed E-state index contributed by atoms with van der Waals surface area (Å²) in [5, 5.41) is 12.8. The van der Waals surface area contributed by atoms with E-state index < -0.39 is 0 Å². The lowest BCUT2D eigenvalue weighted by Crippen LogP contribution is -2.40. The summed E-state index contributed by atoms with van der Waals surface area (Å²) in [6.45, 7) is 2.00. The van der Waals surface area contributed by atoms with Crippen LogP contribution in [0.4, 0.5) is 0 Å². The van der Waals surface area contributed by atoms with E-state index in [1.165, 1.54) is 0 Å². The Morgan fingerprint density at radius 1 is 1.50 bits per heavy atom. The van der Waals surface area contributed by atoms with Gasteiger partial charge in [0.1, 0.15) is 5.75 Å². The molecule has 20 heavy (non-hydrogen) atoms. The van der Waals surface area contributed by atoms with Crippen molar-refractivity contribution in [2.24, 2.45) is 5.92 Å². The second-order valence-corrected chi connectivity index (χ2v) is 5.65. The molecule has 1 aliphatic carbocycles. The molecule has 2 atom stereocenters. The van der Waals surface area contributed by atoms with Gasteiger partial charge in [-0.05, 0) is 43.5 Å². The van der Waals surface area contributed by atoms with Crippen molar-refractivity contribution >= 4 is 17.5 Å². The van der Waals surface area contributed by atoms with E-state index >= 15 is 0 Å². The Bertz CT molecular complexity index is 478. The predicted octanol–water partition coefficient (Wildman–Crippen LogP) is 2.30. The molecule has 0 radical (unpaired) electrons. The van der Waals surface area contributed by atoms with Crippen molar-refractivity contribution in [3.63, 3.8) is 0 Å². The van der Waals surface area contributed by atoms with Crippen LogP contribution in [0.25, 0.3) is 0 Å². The molecule has 0 unspecified atom stereocenters. The molecule has 1 amide bonds. The van der Waals surface area contributed by atoms with Gasteiger partial charge in [-0.25, -0.2) is 0 Å². The number of halogens is 1. The first-order valence-electron chi connectivity index (χ1n) is 6.89. The zero-order chi connectivity index (χ0) is 14.5. The van der Waals surface area contributed by atoms with E-state index in [0.717, 1.165) is 24.8 Å². The Hall–Kier alpha value is -1.26. The predicted molar refractivity (Wildman–Crippen MR) is 78.0 cm³/mol. The number of rotatable bonds is 5. The first kappa shape index (κ1) is 15.1. The molecule has 0 aliphatic heterocycles. The third-order valence-electron chi connectivity index (χ3n) is 3.74. The van der Waals surface area contributed by atoms with Crippen LogP contribution < -0.4 is 10.1 Å². The zero-order valence-corrected chi connectivity index (χ0v) is 12.3. The van der Waals surface area contributed by atoms with Gasteiger partial charge in [0.15, 0.2) is 6.61 Å². The van der Waals surface area contributed by atoms with Crippen molar-refractivity contribution < 1.29 is 14.6 Å². The Kier molecular flexibility index (Phi) is 5.26. The number of aliphatic hydroxyl groups excluding tert-OH is 1. The van der Waals surface area contributed by atoms with Gasteiger partial charge in [0.05, 0.1) is 0 Å². The second kappa shape index (κ2) is 6.95. The summed E-state index contributed by atoms with van der Waals surface area (Å²) in [4.78, 5) is 11.8. The lowest BCUT2D eigenvalue weighted by Gasteiger charge is -2.19. The molecule has 4 nitrogen and oxygen atoms in total. The third kappa shape index (κ3) is 3.87. The van der Waals surface area contributed by atoms with Crippen molar-refractivity contribution in [1.29, 1.82) is 0 Å². The summed E-state index contributed by atoms with van der Waals surface area (Å²) < 4.78 is 5.45. The van der Waals surface area contributed by atoms with Crippen molar-refractivity contribution in [2.45, 2.75) is 32.2 Å². The molecule has 1 fully saturated rings. The van der Waals surface area contributed by atoms with E-state index in [-0.39, 0.29) is 31.1 Å². The van der Waals surface area contributed by atoms with Crippen molar-refractivity contribution in [3.8, 4) is 5.75 Å². The number of aliphatic hydroxyl groups is 1. The highest BCUT2D eigenvalue weighted by atomic mass is 35.5. The van der Waals surface area contributed by atoms with E-state index in [1.807, 2.05) is 13.0 Å². The van der Waals surface area contributed by atoms with E-state index in [1.54, 1.807) is 12.1 Å².